The third kappa shape index (κ3) is 5.31. The highest BCUT2D eigenvalue weighted by Crippen LogP contribution is 2.71. The van der Waals surface area contributed by atoms with Crippen molar-refractivity contribution in [3.05, 3.63) is 62.6 Å². The maximum absolute atomic E-state index is 15.4. The molecule has 3 saturated carbocycles. The molecule has 6 atom stereocenters. The second-order valence-corrected chi connectivity index (χ2v) is 17.4. The Balaban J connectivity index is 1.27. The Morgan fingerprint density at radius 3 is 2.25 bits per heavy atom. The molecule has 1 spiro atoms. The Bertz CT molecular complexity index is 1580. The van der Waals surface area contributed by atoms with Crippen LogP contribution < -0.4 is 0 Å². The maximum Gasteiger partial charge on any atom is 0.456 e. The number of thiazole rings is 1. The average Bonchev–Trinajstić information content (AvgIpc) is 3.56. The van der Waals surface area contributed by atoms with Crippen LogP contribution >= 0.6 is 11.3 Å². The van der Waals surface area contributed by atoms with Crippen molar-refractivity contribution in [3.63, 3.8) is 0 Å². The van der Waals surface area contributed by atoms with Crippen LogP contribution in [0.15, 0.2) is 40.8 Å². The molecule has 264 valence electrons. The van der Waals surface area contributed by atoms with E-state index < -0.39 is 52.8 Å². The van der Waals surface area contributed by atoms with Gasteiger partial charge in [-0.05, 0) is 86.8 Å². The number of aliphatic hydroxyl groups is 2. The molecule has 2 aromatic rings. The van der Waals surface area contributed by atoms with Crippen LogP contribution in [0.1, 0.15) is 99.9 Å². The SMILES string of the molecule is Cc1nc(CCc2ccc([C@H]3C[C@@]4(C)C(CC[C@@]4(O)C(F)(F)C(F)(F)F)C4CCC5(O)CC6(CCC5=C43)OCC(C)(C)CO6)cc2)cs1. The lowest BCUT2D eigenvalue weighted by Crippen LogP contribution is -2.65. The van der Waals surface area contributed by atoms with Crippen LogP contribution in [0.2, 0.25) is 0 Å². The van der Waals surface area contributed by atoms with Crippen molar-refractivity contribution in [2.75, 3.05) is 13.2 Å². The molecular weight excluding hydrogens is 649 g/mol. The molecule has 11 heteroatoms. The Labute approximate surface area is 282 Å². The third-order valence-electron chi connectivity index (χ3n) is 12.6. The Hall–Kier alpha value is -1.92. The van der Waals surface area contributed by atoms with Gasteiger partial charge in [0.1, 0.15) is 5.60 Å². The Kier molecular flexibility index (Phi) is 8.12. The first-order valence-corrected chi connectivity index (χ1v) is 18.1. The molecule has 4 aliphatic carbocycles. The predicted molar refractivity (Wildman–Crippen MR) is 172 cm³/mol. The summed E-state index contributed by atoms with van der Waals surface area (Å²) in [5, 5.41) is 27.0. The molecule has 2 heterocycles. The van der Waals surface area contributed by atoms with Crippen LogP contribution in [0.4, 0.5) is 22.0 Å². The summed E-state index contributed by atoms with van der Waals surface area (Å²) in [6, 6.07) is 7.88. The van der Waals surface area contributed by atoms with E-state index in [1.54, 1.807) is 11.3 Å². The zero-order valence-electron chi connectivity index (χ0n) is 28.1. The van der Waals surface area contributed by atoms with E-state index in [9.17, 15) is 23.4 Å². The van der Waals surface area contributed by atoms with Gasteiger partial charge < -0.3 is 19.7 Å². The smallest absolute Gasteiger partial charge is 0.385 e. The van der Waals surface area contributed by atoms with Gasteiger partial charge in [0.05, 0.1) is 29.5 Å². The van der Waals surface area contributed by atoms with Crippen LogP contribution in [0.5, 0.6) is 0 Å². The van der Waals surface area contributed by atoms with E-state index in [-0.39, 0.29) is 30.6 Å². The molecule has 1 saturated heterocycles. The maximum atomic E-state index is 15.4. The number of aryl methyl sites for hydroxylation is 3. The van der Waals surface area contributed by atoms with E-state index in [2.05, 4.69) is 18.8 Å². The molecule has 2 N–H and O–H groups in total. The molecule has 0 radical (unpaired) electrons. The summed E-state index contributed by atoms with van der Waals surface area (Å²) >= 11 is 1.60. The minimum absolute atomic E-state index is 0.0610. The van der Waals surface area contributed by atoms with Gasteiger partial charge in [0.15, 0.2) is 5.79 Å². The number of fused-ring (bicyclic) bond motifs is 4. The number of alkyl halides is 5. The average molecular weight is 696 g/mol. The fourth-order valence-corrected chi connectivity index (χ4v) is 10.7. The highest BCUT2D eigenvalue weighted by molar-refractivity contribution is 7.09. The van der Waals surface area contributed by atoms with Gasteiger partial charge in [-0.3, -0.25) is 0 Å². The number of aromatic nitrogens is 1. The fraction of sp³-hybridized carbons (Fsp3) is 0.703. The minimum atomic E-state index is -5.88. The molecule has 1 aliphatic heterocycles. The summed E-state index contributed by atoms with van der Waals surface area (Å²) in [5.74, 6) is -7.65. The van der Waals surface area contributed by atoms with Crippen LogP contribution in [-0.4, -0.2) is 57.5 Å². The zero-order chi connectivity index (χ0) is 34.5. The van der Waals surface area contributed by atoms with Gasteiger partial charge in [-0.1, -0.05) is 50.6 Å². The molecule has 1 aromatic carbocycles. The van der Waals surface area contributed by atoms with Gasteiger partial charge in [-0.25, -0.2) is 4.98 Å². The van der Waals surface area contributed by atoms with Gasteiger partial charge in [0.2, 0.25) is 0 Å². The summed E-state index contributed by atoms with van der Waals surface area (Å²) in [6.45, 7) is 8.55. The summed E-state index contributed by atoms with van der Waals surface area (Å²) < 4.78 is 85.3. The molecule has 1 aromatic heterocycles. The summed E-state index contributed by atoms with van der Waals surface area (Å²) in [4.78, 5) is 4.54. The Morgan fingerprint density at radius 2 is 1.62 bits per heavy atom. The monoisotopic (exact) mass is 695 g/mol. The normalized spacial score (nSPS) is 36.1. The number of nitrogens with zero attached hydrogens (tertiary/aromatic N) is 1. The standard InChI is InChI=1S/C37H46F5NO4S/c1-22-43-25(18-48-22)10-7-23-5-8-24(9-6-23)27-17-32(4)28(13-16-35(32,45)36(38,39)37(40,41)42)26-11-14-33(44)19-34(15-12-29(33)30(26)27)46-20-31(2,3)21-47-34/h5-6,8-9,18,26-28,44-45H,7,10-17,19-21H2,1-4H3/t26?,27-,28?,32+,33?,35+/m1/s1. The van der Waals surface area contributed by atoms with E-state index >= 15 is 8.78 Å². The number of rotatable bonds is 5. The van der Waals surface area contributed by atoms with Gasteiger partial charge in [0, 0.05) is 35.0 Å². The first kappa shape index (κ1) is 34.5. The number of benzene rings is 1. The van der Waals surface area contributed by atoms with E-state index in [1.165, 1.54) is 6.92 Å². The van der Waals surface area contributed by atoms with E-state index in [0.29, 0.717) is 38.9 Å². The molecule has 0 amide bonds. The van der Waals surface area contributed by atoms with Crippen LogP contribution in [0, 0.1) is 29.6 Å². The second-order valence-electron chi connectivity index (χ2n) is 16.3. The molecule has 4 fully saturated rings. The van der Waals surface area contributed by atoms with Crippen molar-refractivity contribution in [3.8, 4) is 0 Å². The lowest BCUT2D eigenvalue weighted by Gasteiger charge is -2.59. The molecule has 5 aliphatic rings. The topological polar surface area (TPSA) is 71.8 Å². The summed E-state index contributed by atoms with van der Waals surface area (Å²) in [6.07, 6.45) is -3.00. The zero-order valence-corrected chi connectivity index (χ0v) is 28.9. The number of hydrogen-bond acceptors (Lipinski definition) is 6. The molecule has 0 bridgehead atoms. The quantitative estimate of drug-likeness (QED) is 0.243. The molecule has 7 rings (SSSR count). The third-order valence-corrected chi connectivity index (χ3v) is 13.4. The number of hydrogen-bond donors (Lipinski definition) is 2. The van der Waals surface area contributed by atoms with Gasteiger partial charge in [0.25, 0.3) is 0 Å². The highest BCUT2D eigenvalue weighted by Gasteiger charge is 2.79. The summed E-state index contributed by atoms with van der Waals surface area (Å²) in [7, 11) is 0. The molecule has 5 nitrogen and oxygen atoms in total. The molecule has 48 heavy (non-hydrogen) atoms. The Morgan fingerprint density at radius 1 is 0.938 bits per heavy atom. The number of allylic oxidation sites excluding steroid dienone is 1. The van der Waals surface area contributed by atoms with Crippen LogP contribution in [-0.2, 0) is 22.3 Å². The number of halogens is 5. The minimum Gasteiger partial charge on any atom is -0.385 e. The van der Waals surface area contributed by atoms with Crippen molar-refractivity contribution >= 4 is 11.3 Å². The number of ether oxygens (including phenoxy) is 2. The van der Waals surface area contributed by atoms with Gasteiger partial charge in [-0.2, -0.15) is 22.0 Å². The first-order valence-electron chi connectivity index (χ1n) is 17.2. The second kappa shape index (κ2) is 11.3. The summed E-state index contributed by atoms with van der Waals surface area (Å²) in [5.41, 5.74) is -1.65. The van der Waals surface area contributed by atoms with Crippen LogP contribution in [0.3, 0.4) is 0 Å². The lowest BCUT2D eigenvalue weighted by molar-refractivity contribution is -0.362. The van der Waals surface area contributed by atoms with Crippen molar-refractivity contribution in [1.29, 1.82) is 0 Å². The highest BCUT2D eigenvalue weighted by atomic mass is 32.1. The first-order chi connectivity index (χ1) is 22.3. The van der Waals surface area contributed by atoms with Crippen molar-refractivity contribution in [2.45, 2.75) is 127 Å². The van der Waals surface area contributed by atoms with Crippen molar-refractivity contribution in [2.24, 2.45) is 22.7 Å². The van der Waals surface area contributed by atoms with Gasteiger partial charge >= 0.3 is 12.1 Å². The van der Waals surface area contributed by atoms with E-state index in [1.807, 2.05) is 36.6 Å². The van der Waals surface area contributed by atoms with Crippen molar-refractivity contribution < 1.29 is 41.6 Å². The van der Waals surface area contributed by atoms with E-state index in [4.69, 9.17) is 9.47 Å². The lowest BCUT2D eigenvalue weighted by atomic mass is 9.49. The van der Waals surface area contributed by atoms with Crippen LogP contribution in [0.25, 0.3) is 0 Å². The molecular formula is C37H46F5NO4S. The van der Waals surface area contributed by atoms with E-state index in [0.717, 1.165) is 45.8 Å². The fourth-order valence-electron chi connectivity index (χ4n) is 10.0. The predicted octanol–water partition coefficient (Wildman–Crippen LogP) is 8.46. The van der Waals surface area contributed by atoms with Crippen molar-refractivity contribution in [1.82, 2.24) is 4.98 Å². The largest absolute Gasteiger partial charge is 0.456 e. The molecule has 3 unspecified atom stereocenters. The van der Waals surface area contributed by atoms with Gasteiger partial charge in [-0.15, -0.1) is 11.3 Å².